The number of rotatable bonds is 14. The highest BCUT2D eigenvalue weighted by Gasteiger charge is 2.34. The lowest BCUT2D eigenvalue weighted by atomic mass is 9.92. The number of nitrogens with zero attached hydrogens (tertiary/aromatic N) is 11. The molecule has 0 radical (unpaired) electrons. The number of benzene rings is 20. The summed E-state index contributed by atoms with van der Waals surface area (Å²) in [6.45, 7) is 0. The summed E-state index contributed by atoms with van der Waals surface area (Å²) >= 11 is 1.86. The Morgan fingerprint density at radius 2 is 0.590 bits per heavy atom. The van der Waals surface area contributed by atoms with Gasteiger partial charge in [0.05, 0.1) is 67.1 Å². The molecule has 0 aliphatic heterocycles. The van der Waals surface area contributed by atoms with E-state index < -0.39 is 0 Å². The molecule has 28 aromatic rings. The Morgan fingerprint density at radius 1 is 0.194 bits per heavy atom. The van der Waals surface area contributed by atoms with Crippen LogP contribution in [0.3, 0.4) is 0 Å². The summed E-state index contributed by atoms with van der Waals surface area (Å²) in [4.78, 5) is 35.5. The molecule has 1 unspecified atom stereocenters. The molecular weight excluding hydrogens is 1770 g/mol. The fourth-order valence-electron chi connectivity index (χ4n) is 21.5. The van der Waals surface area contributed by atoms with Gasteiger partial charge < -0.3 is 13.7 Å². The number of hydrogen-bond acceptors (Lipinski definition) is 8. The third kappa shape index (κ3) is 14.9. The molecule has 674 valence electrons. The predicted octanol–water partition coefficient (Wildman–Crippen LogP) is 33.7. The summed E-state index contributed by atoms with van der Waals surface area (Å²) in [7, 11) is 0. The standard InChI is InChI=1S/C47H31N3.C45H29N5.C40H25N3S/c1-4-14-31(15-5-1)42-30-43(32-16-6-2-7-17-32)49-47(48-42)46-39-22-11-10-20-36(39)37-26-24-33(29-41(37)46)34-25-27-45-40(28-34)38-21-12-13-23-44(38)50(45)35-18-8-3-9-19-35;1-3-14-30(15-4-1)43-46-44(31-16-5-2-6-17-31)48-45(47-43)32-18-13-19-33(28-32)49-41-25-12-9-22-37(41)38-29-34(26-27-42(38)49)50-39-23-10-7-20-35(39)36-21-8-11-24-40(36)50;1-2-9-26(10-3-1)27-17-19-28(20-18-27)29-11-8-12-30(25-29)34-23-24-41-40(42-34)43-35-15-6-4-14-33(35)38-36(43)22-21-32-31-13-5-7-16-37(31)44-39(32)38/h1-30,46H;1-29H;1-25H. The van der Waals surface area contributed by atoms with Crippen LogP contribution in [0.1, 0.15) is 22.9 Å². The third-order valence-electron chi connectivity index (χ3n) is 28.1. The van der Waals surface area contributed by atoms with Gasteiger partial charge in [0.2, 0.25) is 5.95 Å². The Morgan fingerprint density at radius 3 is 1.20 bits per heavy atom. The number of thiophene rings is 1. The minimum Gasteiger partial charge on any atom is -0.309 e. The van der Waals surface area contributed by atoms with Gasteiger partial charge in [0.25, 0.3) is 0 Å². The fourth-order valence-corrected chi connectivity index (χ4v) is 22.8. The zero-order valence-corrected chi connectivity index (χ0v) is 78.7. The lowest BCUT2D eigenvalue weighted by molar-refractivity contribution is 0.879. The van der Waals surface area contributed by atoms with E-state index in [0.717, 1.165) is 101 Å². The highest BCUT2D eigenvalue weighted by atomic mass is 32.1. The van der Waals surface area contributed by atoms with Gasteiger partial charge in [-0.1, -0.05) is 382 Å². The predicted molar refractivity (Wildman–Crippen MR) is 596 cm³/mol. The van der Waals surface area contributed by atoms with Gasteiger partial charge in [-0.2, -0.15) is 0 Å². The van der Waals surface area contributed by atoms with Crippen molar-refractivity contribution in [2.24, 2.45) is 0 Å². The summed E-state index contributed by atoms with van der Waals surface area (Å²) in [5, 5.41) is 12.5. The molecule has 20 aromatic carbocycles. The number of fused-ring (bicyclic) bond motifs is 19. The van der Waals surface area contributed by atoms with E-state index in [9.17, 15) is 0 Å². The maximum atomic E-state index is 5.30. The molecule has 0 bridgehead atoms. The average Bonchev–Trinajstić information content (AvgIpc) is 1.53. The Hall–Kier alpha value is -19.0. The number of hydrogen-bond donors (Lipinski definition) is 0. The van der Waals surface area contributed by atoms with E-state index in [1.54, 1.807) is 0 Å². The lowest BCUT2D eigenvalue weighted by Gasteiger charge is -2.16. The normalized spacial score (nSPS) is 12.2. The van der Waals surface area contributed by atoms with Crippen molar-refractivity contribution >= 4 is 119 Å². The fraction of sp³-hybridized carbons (Fsp3) is 0.00758. The molecule has 1 aliphatic rings. The van der Waals surface area contributed by atoms with E-state index in [1.165, 1.54) is 135 Å². The first-order chi connectivity index (χ1) is 71.4. The van der Waals surface area contributed by atoms with Gasteiger partial charge in [-0.05, 0) is 177 Å². The van der Waals surface area contributed by atoms with E-state index >= 15 is 0 Å². The molecular formula is C132H85N11S. The SMILES string of the molecule is c1ccc(-c2cc(-c3ccccc3)nc(C3c4ccccc4-c4ccc(-c5ccc6c(c5)c5ccccc5n6-c5ccccc5)cc43)n2)cc1.c1ccc(-c2ccc(-c3cccc(-c4ccnc(-n5c6ccccc6c6c7sc8ccccc8c7ccc65)n4)c3)cc2)cc1.c1ccc(-c2nc(-c3ccccc3)nc(-c3cccc(-n4c5ccccc5c5cc(-n6c7ccccc7c7ccccc76)ccc54)c3)n2)cc1. The number of aromatic nitrogens is 11. The Balaban J connectivity index is 0.000000108. The Bertz CT molecular complexity index is 9670. The first-order valence-electron chi connectivity index (χ1n) is 48.7. The highest BCUT2D eigenvalue weighted by molar-refractivity contribution is 7.26. The van der Waals surface area contributed by atoms with Crippen LogP contribution in [0.4, 0.5) is 0 Å². The summed E-state index contributed by atoms with van der Waals surface area (Å²) in [6, 6.07) is 178. The van der Waals surface area contributed by atoms with Crippen molar-refractivity contribution in [1.29, 1.82) is 0 Å². The van der Waals surface area contributed by atoms with Gasteiger partial charge in [-0.25, -0.2) is 34.9 Å². The molecule has 144 heavy (non-hydrogen) atoms. The van der Waals surface area contributed by atoms with Crippen LogP contribution in [-0.2, 0) is 0 Å². The van der Waals surface area contributed by atoms with Crippen LogP contribution in [0.5, 0.6) is 0 Å². The monoisotopic (exact) mass is 1860 g/mol. The van der Waals surface area contributed by atoms with Crippen molar-refractivity contribution in [3.8, 4) is 135 Å². The minimum atomic E-state index is -0.101. The van der Waals surface area contributed by atoms with Crippen molar-refractivity contribution in [1.82, 2.24) is 53.2 Å². The third-order valence-corrected chi connectivity index (χ3v) is 29.4. The second-order valence-electron chi connectivity index (χ2n) is 36.5. The molecule has 0 saturated heterocycles. The van der Waals surface area contributed by atoms with Crippen LogP contribution < -0.4 is 0 Å². The lowest BCUT2D eigenvalue weighted by Crippen LogP contribution is -2.07. The van der Waals surface area contributed by atoms with Crippen LogP contribution in [0.25, 0.3) is 243 Å². The molecule has 0 saturated carbocycles. The second-order valence-corrected chi connectivity index (χ2v) is 37.6. The average molecular weight is 1860 g/mol. The summed E-state index contributed by atoms with van der Waals surface area (Å²) in [6.07, 6.45) is 1.87. The van der Waals surface area contributed by atoms with Gasteiger partial charge >= 0.3 is 0 Å². The van der Waals surface area contributed by atoms with Crippen molar-refractivity contribution in [3.05, 3.63) is 527 Å². The Labute approximate surface area is 833 Å². The molecule has 0 fully saturated rings. The molecule has 1 atom stereocenters. The first kappa shape index (κ1) is 84.3. The van der Waals surface area contributed by atoms with Crippen LogP contribution in [0, 0.1) is 0 Å². The molecule has 0 N–H and O–H groups in total. The van der Waals surface area contributed by atoms with E-state index in [1.807, 2.05) is 102 Å². The van der Waals surface area contributed by atoms with Gasteiger partial charge in [0.1, 0.15) is 5.82 Å². The van der Waals surface area contributed by atoms with Crippen molar-refractivity contribution < 1.29 is 0 Å². The molecule has 1 aliphatic carbocycles. The second kappa shape index (κ2) is 35.8. The van der Waals surface area contributed by atoms with Crippen LogP contribution in [0.15, 0.2) is 510 Å². The maximum absolute atomic E-state index is 5.30. The number of para-hydroxylation sites is 6. The molecule has 8 heterocycles. The van der Waals surface area contributed by atoms with Crippen molar-refractivity contribution in [3.63, 3.8) is 0 Å². The maximum Gasteiger partial charge on any atom is 0.235 e. The Kier molecular flexibility index (Phi) is 20.9. The minimum absolute atomic E-state index is 0.101. The van der Waals surface area contributed by atoms with Gasteiger partial charge in [0, 0.05) is 120 Å². The zero-order valence-electron chi connectivity index (χ0n) is 77.9. The summed E-state index contributed by atoms with van der Waals surface area (Å²) in [5.74, 6) is 3.32. The highest BCUT2D eigenvalue weighted by Crippen LogP contribution is 2.51. The molecule has 11 nitrogen and oxygen atoms in total. The van der Waals surface area contributed by atoms with Crippen molar-refractivity contribution in [2.75, 3.05) is 0 Å². The molecule has 0 amide bonds. The van der Waals surface area contributed by atoms with E-state index in [-0.39, 0.29) is 5.92 Å². The van der Waals surface area contributed by atoms with E-state index in [0.29, 0.717) is 23.4 Å². The molecule has 29 rings (SSSR count). The van der Waals surface area contributed by atoms with E-state index in [4.69, 9.17) is 34.9 Å². The zero-order chi connectivity index (χ0) is 95.1. The van der Waals surface area contributed by atoms with Crippen LogP contribution in [0.2, 0.25) is 0 Å². The topological polar surface area (TPSA) is 110 Å². The van der Waals surface area contributed by atoms with Gasteiger partial charge in [0.15, 0.2) is 17.5 Å². The van der Waals surface area contributed by atoms with Gasteiger partial charge in [-0.15, -0.1) is 11.3 Å². The van der Waals surface area contributed by atoms with Gasteiger partial charge in [-0.3, -0.25) is 4.57 Å². The largest absolute Gasteiger partial charge is 0.309 e. The summed E-state index contributed by atoms with van der Waals surface area (Å²) in [5.41, 5.74) is 33.6. The smallest absolute Gasteiger partial charge is 0.235 e. The molecule has 12 heteroatoms. The molecule has 0 spiro atoms. The first-order valence-corrected chi connectivity index (χ1v) is 49.5. The van der Waals surface area contributed by atoms with E-state index in [2.05, 4.69) is 437 Å². The molecule has 8 aromatic heterocycles. The van der Waals surface area contributed by atoms with Crippen molar-refractivity contribution in [2.45, 2.75) is 5.92 Å². The quantitative estimate of drug-likeness (QED) is 0.107. The van der Waals surface area contributed by atoms with Crippen LogP contribution in [-0.4, -0.2) is 53.2 Å². The van der Waals surface area contributed by atoms with Crippen LogP contribution >= 0.6 is 11.3 Å². The summed E-state index contributed by atoms with van der Waals surface area (Å²) < 4.78 is 11.9.